The Morgan fingerprint density at radius 1 is 0.966 bits per heavy atom. The number of aryl methyl sites for hydroxylation is 1. The summed E-state index contributed by atoms with van der Waals surface area (Å²) >= 11 is 0. The van der Waals surface area contributed by atoms with Crippen molar-refractivity contribution in [2.75, 3.05) is 6.61 Å². The first-order valence-corrected chi connectivity index (χ1v) is 10.2. The van der Waals surface area contributed by atoms with Gasteiger partial charge in [-0.2, -0.15) is 0 Å². The van der Waals surface area contributed by atoms with Crippen molar-refractivity contribution in [2.24, 2.45) is 0 Å². The number of carbonyl (C=O) groups excluding carboxylic acids is 3. The van der Waals surface area contributed by atoms with Gasteiger partial charge in [0.05, 0.1) is 4.90 Å². The molecule has 0 aliphatic carbocycles. The van der Waals surface area contributed by atoms with Crippen LogP contribution in [0.5, 0.6) is 0 Å². The first-order valence-electron chi connectivity index (χ1n) is 8.67. The molecule has 0 saturated carbocycles. The van der Waals surface area contributed by atoms with Gasteiger partial charge in [-0.1, -0.05) is 17.7 Å². The van der Waals surface area contributed by atoms with Crippen molar-refractivity contribution in [3.8, 4) is 0 Å². The summed E-state index contributed by atoms with van der Waals surface area (Å²) in [5.41, 5.74) is 0.855. The minimum atomic E-state index is -4.14. The van der Waals surface area contributed by atoms with E-state index in [9.17, 15) is 22.8 Å². The van der Waals surface area contributed by atoms with Gasteiger partial charge < -0.3 is 18.9 Å². The smallest absolute Gasteiger partial charge is 0.303 e. The molecule has 1 aromatic carbocycles. The molecule has 0 saturated heterocycles. The lowest BCUT2D eigenvalue weighted by atomic mass is 10.1. The lowest BCUT2D eigenvalue weighted by molar-refractivity contribution is -0.179. The largest absolute Gasteiger partial charge is 0.489 e. The van der Waals surface area contributed by atoms with Crippen LogP contribution in [0.4, 0.5) is 0 Å². The maximum Gasteiger partial charge on any atom is 0.303 e. The third-order valence-corrected chi connectivity index (χ3v) is 5.83. The first kappa shape index (κ1) is 22.4. The zero-order valence-electron chi connectivity index (χ0n) is 16.4. The van der Waals surface area contributed by atoms with Crippen LogP contribution in [0.3, 0.4) is 0 Å². The van der Waals surface area contributed by atoms with Gasteiger partial charge in [0.25, 0.3) is 0 Å². The molecule has 1 aromatic rings. The second kappa shape index (κ2) is 9.08. The Morgan fingerprint density at radius 2 is 1.55 bits per heavy atom. The maximum atomic E-state index is 13.1. The van der Waals surface area contributed by atoms with Gasteiger partial charge in [0.2, 0.25) is 9.84 Å². The molecule has 3 atom stereocenters. The molecule has 1 aliphatic heterocycles. The molecular weight excluding hydrogens is 404 g/mol. The lowest BCUT2D eigenvalue weighted by Gasteiger charge is -2.35. The van der Waals surface area contributed by atoms with Gasteiger partial charge in [-0.05, 0) is 19.1 Å². The highest BCUT2D eigenvalue weighted by Crippen LogP contribution is 2.32. The van der Waals surface area contributed by atoms with Gasteiger partial charge in [-0.3, -0.25) is 14.4 Å². The van der Waals surface area contributed by atoms with Crippen LogP contribution in [0.25, 0.3) is 0 Å². The van der Waals surface area contributed by atoms with Crippen LogP contribution in [-0.2, 0) is 43.2 Å². The van der Waals surface area contributed by atoms with Gasteiger partial charge in [-0.15, -0.1) is 0 Å². The molecule has 0 spiro atoms. The Morgan fingerprint density at radius 3 is 2.07 bits per heavy atom. The topological polar surface area (TPSA) is 122 Å². The normalized spacial score (nSPS) is 21.4. The molecular formula is C19H22O9S. The van der Waals surface area contributed by atoms with E-state index >= 15 is 0 Å². The van der Waals surface area contributed by atoms with E-state index in [1.165, 1.54) is 19.1 Å². The van der Waals surface area contributed by atoms with Crippen LogP contribution in [-0.4, -0.2) is 51.2 Å². The average Bonchev–Trinajstić information content (AvgIpc) is 2.61. The van der Waals surface area contributed by atoms with Crippen molar-refractivity contribution in [1.82, 2.24) is 0 Å². The predicted octanol–water partition coefficient (Wildman–Crippen LogP) is 1.44. The highest BCUT2D eigenvalue weighted by molar-refractivity contribution is 7.95. The quantitative estimate of drug-likeness (QED) is 0.491. The Kier molecular flexibility index (Phi) is 7.02. The summed E-state index contributed by atoms with van der Waals surface area (Å²) in [5, 5.41) is 0. The monoisotopic (exact) mass is 426 g/mol. The highest BCUT2D eigenvalue weighted by atomic mass is 32.2. The molecule has 0 aromatic heterocycles. The fourth-order valence-corrected chi connectivity index (χ4v) is 4.13. The number of benzene rings is 1. The van der Waals surface area contributed by atoms with Crippen LogP contribution in [0, 0.1) is 6.92 Å². The first-order chi connectivity index (χ1) is 13.5. The molecule has 2 rings (SSSR count). The van der Waals surface area contributed by atoms with Crippen LogP contribution >= 0.6 is 0 Å². The fraction of sp³-hybridized carbons (Fsp3) is 0.421. The van der Waals surface area contributed by atoms with E-state index in [0.717, 1.165) is 25.7 Å². The zero-order valence-corrected chi connectivity index (χ0v) is 17.2. The van der Waals surface area contributed by atoms with E-state index in [0.29, 0.717) is 0 Å². The molecule has 0 N–H and O–H groups in total. The van der Waals surface area contributed by atoms with E-state index in [-0.39, 0.29) is 16.4 Å². The van der Waals surface area contributed by atoms with Crippen molar-refractivity contribution in [1.29, 1.82) is 0 Å². The van der Waals surface area contributed by atoms with Crippen LogP contribution < -0.4 is 0 Å². The summed E-state index contributed by atoms with van der Waals surface area (Å²) < 4.78 is 47.0. The van der Waals surface area contributed by atoms with E-state index in [2.05, 4.69) is 0 Å². The fourth-order valence-electron chi connectivity index (χ4n) is 2.69. The molecule has 0 radical (unpaired) electrons. The molecule has 29 heavy (non-hydrogen) atoms. The van der Waals surface area contributed by atoms with Gasteiger partial charge in [-0.25, -0.2) is 8.42 Å². The summed E-state index contributed by atoms with van der Waals surface area (Å²) in [6.45, 7) is 4.85. The summed E-state index contributed by atoms with van der Waals surface area (Å²) in [7, 11) is -4.14. The number of carbonyl (C=O) groups is 3. The van der Waals surface area contributed by atoms with Gasteiger partial charge in [0.15, 0.2) is 18.3 Å². The third-order valence-electron chi connectivity index (χ3n) is 3.99. The van der Waals surface area contributed by atoms with E-state index in [1.807, 2.05) is 0 Å². The minimum Gasteiger partial charge on any atom is -0.489 e. The zero-order chi connectivity index (χ0) is 21.8. The van der Waals surface area contributed by atoms with E-state index < -0.39 is 46.1 Å². The van der Waals surface area contributed by atoms with Crippen LogP contribution in [0.1, 0.15) is 26.3 Å². The number of hydrogen-bond acceptors (Lipinski definition) is 9. The average molecular weight is 426 g/mol. The van der Waals surface area contributed by atoms with E-state index in [1.54, 1.807) is 19.1 Å². The van der Waals surface area contributed by atoms with Gasteiger partial charge in [0, 0.05) is 20.8 Å². The molecule has 1 aliphatic rings. The lowest BCUT2D eigenvalue weighted by Crippen LogP contribution is -2.50. The summed E-state index contributed by atoms with van der Waals surface area (Å²) in [5.74, 6) is -2.15. The number of sulfone groups is 1. The Bertz CT molecular complexity index is 916. The van der Waals surface area contributed by atoms with Crippen molar-refractivity contribution < 1.29 is 41.7 Å². The summed E-state index contributed by atoms with van der Waals surface area (Å²) in [4.78, 5) is 33.9. The number of ether oxygens (including phenoxy) is 4. The minimum absolute atomic E-state index is 0.0462. The van der Waals surface area contributed by atoms with Crippen LogP contribution in [0.15, 0.2) is 40.3 Å². The molecule has 158 valence electrons. The van der Waals surface area contributed by atoms with Crippen molar-refractivity contribution >= 4 is 27.7 Å². The van der Waals surface area contributed by atoms with Crippen molar-refractivity contribution in [3.05, 3.63) is 41.0 Å². The molecule has 10 heteroatoms. The molecule has 9 nitrogen and oxygen atoms in total. The Balaban J connectivity index is 2.50. The molecule has 0 fully saturated rings. The Hall–Kier alpha value is -2.88. The van der Waals surface area contributed by atoms with Crippen molar-refractivity contribution in [2.45, 2.75) is 50.9 Å². The highest BCUT2D eigenvalue weighted by Gasteiger charge is 2.46. The molecule has 0 unspecified atom stereocenters. The third kappa shape index (κ3) is 5.57. The second-order valence-corrected chi connectivity index (χ2v) is 8.37. The second-order valence-electron chi connectivity index (χ2n) is 6.42. The van der Waals surface area contributed by atoms with Gasteiger partial charge in [0.1, 0.15) is 17.8 Å². The summed E-state index contributed by atoms with van der Waals surface area (Å²) in [6, 6.07) is 6.04. The maximum absolute atomic E-state index is 13.1. The molecule has 1 heterocycles. The number of hydrogen-bond donors (Lipinski definition) is 0. The molecule has 0 bridgehead atoms. The number of rotatable bonds is 6. The Labute approximate surface area is 168 Å². The number of esters is 3. The SMILES string of the molecule is CC(=O)OC[C@H]1OC=C(S(=O)(=O)c2ccc(C)cc2)[C@@H](OC(C)=O)[C@@H]1OC(C)=O. The molecule has 0 amide bonds. The van der Waals surface area contributed by atoms with Crippen LogP contribution in [0.2, 0.25) is 0 Å². The van der Waals surface area contributed by atoms with Crippen molar-refractivity contribution in [3.63, 3.8) is 0 Å². The standard InChI is InChI=1S/C19H22O9S/c1-11-5-7-15(8-6-11)29(23,24)17-10-26-16(9-25-12(2)20)18(27-13(3)21)19(17)28-14(4)22/h5-8,10,16,18-19H,9H2,1-4H3/t16-,18-,19-/m1/s1. The predicted molar refractivity (Wildman–Crippen MR) is 99.1 cm³/mol. The summed E-state index contributed by atoms with van der Waals surface area (Å²) in [6.07, 6.45) is -2.95. The van der Waals surface area contributed by atoms with Gasteiger partial charge >= 0.3 is 17.9 Å². The van der Waals surface area contributed by atoms with E-state index in [4.69, 9.17) is 18.9 Å².